The van der Waals surface area contributed by atoms with Crippen molar-refractivity contribution in [3.63, 3.8) is 0 Å². The lowest BCUT2D eigenvalue weighted by molar-refractivity contribution is 0.518. The van der Waals surface area contributed by atoms with Crippen LogP contribution in [-0.4, -0.2) is 20.0 Å². The van der Waals surface area contributed by atoms with Crippen LogP contribution in [0.2, 0.25) is 0 Å². The number of nitrogens with one attached hydrogen (secondary N) is 1. The third-order valence-electron chi connectivity index (χ3n) is 3.10. The van der Waals surface area contributed by atoms with Crippen molar-refractivity contribution in [2.24, 2.45) is 5.84 Å². The van der Waals surface area contributed by atoms with Crippen LogP contribution in [0.4, 0.5) is 0 Å². The van der Waals surface area contributed by atoms with Gasteiger partial charge in [0.2, 0.25) is 0 Å². The van der Waals surface area contributed by atoms with E-state index in [2.05, 4.69) is 27.6 Å². The normalized spacial score (nSPS) is 12.6. The topological polar surface area (TPSA) is 81.7 Å². The Morgan fingerprint density at radius 2 is 2.16 bits per heavy atom. The molecule has 0 radical (unpaired) electrons. The molecule has 0 saturated carbocycles. The lowest BCUT2D eigenvalue weighted by atomic mass is 10.0. The van der Waals surface area contributed by atoms with Crippen LogP contribution in [0.3, 0.4) is 0 Å². The van der Waals surface area contributed by atoms with Crippen LogP contribution < -0.4 is 11.3 Å². The largest absolute Gasteiger partial charge is 0.271 e. The van der Waals surface area contributed by atoms with Gasteiger partial charge >= 0.3 is 0 Å². The van der Waals surface area contributed by atoms with Crippen molar-refractivity contribution in [3.8, 4) is 0 Å². The summed E-state index contributed by atoms with van der Waals surface area (Å²) in [6.07, 6.45) is 2.82. The average Bonchev–Trinajstić information content (AvgIpc) is 2.83. The van der Waals surface area contributed by atoms with Gasteiger partial charge in [0, 0.05) is 18.3 Å². The smallest absolute Gasteiger partial charge is 0.0897 e. The van der Waals surface area contributed by atoms with E-state index in [9.17, 15) is 0 Å². The van der Waals surface area contributed by atoms with Gasteiger partial charge in [0.15, 0.2) is 0 Å². The molecule has 102 valence electrons. The molecular weight excluding hydrogens is 240 g/mol. The number of hydrogen-bond acceptors (Lipinski definition) is 5. The fourth-order valence-electron chi connectivity index (χ4n) is 2.18. The molecule has 19 heavy (non-hydrogen) atoms. The Labute approximate surface area is 113 Å². The summed E-state index contributed by atoms with van der Waals surface area (Å²) >= 11 is 0. The minimum Gasteiger partial charge on any atom is -0.271 e. The number of rotatable bonds is 5. The van der Waals surface area contributed by atoms with E-state index in [1.807, 2.05) is 30.7 Å². The van der Waals surface area contributed by atoms with Gasteiger partial charge in [0.25, 0.3) is 0 Å². The van der Waals surface area contributed by atoms with Crippen molar-refractivity contribution >= 4 is 0 Å². The van der Waals surface area contributed by atoms with E-state index >= 15 is 0 Å². The third-order valence-corrected chi connectivity index (χ3v) is 3.10. The molecule has 0 aliphatic heterocycles. The Bertz CT molecular complexity index is 548. The number of aromatic nitrogens is 4. The zero-order valence-corrected chi connectivity index (χ0v) is 11.6. The van der Waals surface area contributed by atoms with Gasteiger partial charge in [0.1, 0.15) is 0 Å². The molecule has 0 amide bonds. The second-order valence-corrected chi connectivity index (χ2v) is 4.61. The van der Waals surface area contributed by atoms with Crippen LogP contribution in [-0.2, 0) is 6.54 Å². The molecule has 0 fully saturated rings. The predicted molar refractivity (Wildman–Crippen MR) is 73.2 cm³/mol. The molecule has 0 aliphatic rings. The highest BCUT2D eigenvalue weighted by atomic mass is 15.3. The van der Waals surface area contributed by atoms with Gasteiger partial charge < -0.3 is 0 Å². The molecule has 0 bridgehead atoms. The lowest BCUT2D eigenvalue weighted by Crippen LogP contribution is -2.31. The first kappa shape index (κ1) is 13.6. The van der Waals surface area contributed by atoms with E-state index in [-0.39, 0.29) is 6.04 Å². The predicted octanol–water partition coefficient (Wildman–Crippen LogP) is 1.25. The zero-order valence-electron chi connectivity index (χ0n) is 11.6. The molecule has 0 spiro atoms. The minimum absolute atomic E-state index is 0.122. The fraction of sp³-hybridized carbons (Fsp3) is 0.462. The van der Waals surface area contributed by atoms with Crippen molar-refractivity contribution < 1.29 is 0 Å². The van der Waals surface area contributed by atoms with E-state index in [1.54, 1.807) is 6.20 Å². The molecule has 3 N–H and O–H groups in total. The number of aryl methyl sites for hydroxylation is 3. The number of hydrogen-bond donors (Lipinski definition) is 2. The monoisotopic (exact) mass is 260 g/mol. The molecule has 2 heterocycles. The summed E-state index contributed by atoms with van der Waals surface area (Å²) in [6.45, 7) is 6.86. The molecule has 0 aromatic carbocycles. The quantitative estimate of drug-likeness (QED) is 0.624. The lowest BCUT2D eigenvalue weighted by Gasteiger charge is -2.19. The van der Waals surface area contributed by atoms with Crippen molar-refractivity contribution in [3.05, 3.63) is 41.0 Å². The highest BCUT2D eigenvalue weighted by Gasteiger charge is 2.19. The fourth-order valence-corrected chi connectivity index (χ4v) is 2.18. The molecule has 2 aromatic heterocycles. The van der Waals surface area contributed by atoms with Crippen LogP contribution in [0.1, 0.15) is 42.0 Å². The van der Waals surface area contributed by atoms with Crippen LogP contribution in [0.5, 0.6) is 0 Å². The Kier molecular flexibility index (Phi) is 4.24. The van der Waals surface area contributed by atoms with Crippen LogP contribution in [0, 0.1) is 13.8 Å². The maximum atomic E-state index is 5.74. The van der Waals surface area contributed by atoms with Crippen molar-refractivity contribution in [2.45, 2.75) is 39.8 Å². The highest BCUT2D eigenvalue weighted by molar-refractivity contribution is 5.30. The van der Waals surface area contributed by atoms with Crippen molar-refractivity contribution in [2.75, 3.05) is 0 Å². The second-order valence-electron chi connectivity index (χ2n) is 4.61. The van der Waals surface area contributed by atoms with E-state index in [4.69, 9.17) is 5.84 Å². The number of hydrazine groups is 1. The van der Waals surface area contributed by atoms with Gasteiger partial charge in [-0.3, -0.25) is 10.5 Å². The molecule has 6 heteroatoms. The molecule has 2 rings (SSSR count). The molecule has 1 atom stereocenters. The van der Waals surface area contributed by atoms with E-state index in [0.29, 0.717) is 0 Å². The second kappa shape index (κ2) is 5.90. The SMILES string of the molecule is CCCn1nccc1C(NN)c1cc(C)nnc1C. The summed E-state index contributed by atoms with van der Waals surface area (Å²) in [5.41, 5.74) is 6.69. The van der Waals surface area contributed by atoms with Gasteiger partial charge in [0.05, 0.1) is 23.1 Å². The molecule has 0 aliphatic carbocycles. The molecular formula is C13H20N6. The Morgan fingerprint density at radius 1 is 1.37 bits per heavy atom. The van der Waals surface area contributed by atoms with Gasteiger partial charge in [-0.15, -0.1) is 0 Å². The van der Waals surface area contributed by atoms with E-state index in [0.717, 1.165) is 35.6 Å². The molecule has 0 saturated heterocycles. The summed E-state index contributed by atoms with van der Waals surface area (Å²) in [4.78, 5) is 0. The summed E-state index contributed by atoms with van der Waals surface area (Å²) in [6, 6.07) is 3.87. The number of nitrogens with two attached hydrogens (primary N) is 1. The Balaban J connectivity index is 2.44. The van der Waals surface area contributed by atoms with Gasteiger partial charge in [-0.25, -0.2) is 5.43 Å². The van der Waals surface area contributed by atoms with E-state index < -0.39 is 0 Å². The van der Waals surface area contributed by atoms with Crippen LogP contribution in [0.25, 0.3) is 0 Å². The zero-order chi connectivity index (χ0) is 13.8. The maximum absolute atomic E-state index is 5.74. The average molecular weight is 260 g/mol. The first-order chi connectivity index (χ1) is 9.17. The highest BCUT2D eigenvalue weighted by Crippen LogP contribution is 2.23. The third kappa shape index (κ3) is 2.80. The number of nitrogens with zero attached hydrogens (tertiary/aromatic N) is 4. The van der Waals surface area contributed by atoms with Crippen molar-refractivity contribution in [1.82, 2.24) is 25.4 Å². The summed E-state index contributed by atoms with van der Waals surface area (Å²) in [7, 11) is 0. The molecule has 2 aromatic rings. The minimum atomic E-state index is -0.122. The standard InChI is InChI=1S/C13H20N6/c1-4-7-19-12(5-6-15-19)13(16-14)11-8-9(2)17-18-10(11)3/h5-6,8,13,16H,4,7,14H2,1-3H3. The summed E-state index contributed by atoms with van der Waals surface area (Å²) in [5.74, 6) is 5.74. The van der Waals surface area contributed by atoms with Crippen molar-refractivity contribution in [1.29, 1.82) is 0 Å². The van der Waals surface area contributed by atoms with Crippen LogP contribution in [0.15, 0.2) is 18.3 Å². The maximum Gasteiger partial charge on any atom is 0.0897 e. The van der Waals surface area contributed by atoms with Crippen LogP contribution >= 0.6 is 0 Å². The van der Waals surface area contributed by atoms with Gasteiger partial charge in [-0.1, -0.05) is 6.92 Å². The Morgan fingerprint density at radius 3 is 2.84 bits per heavy atom. The molecule has 6 nitrogen and oxygen atoms in total. The van der Waals surface area contributed by atoms with E-state index in [1.165, 1.54) is 0 Å². The Hall–Kier alpha value is -1.79. The summed E-state index contributed by atoms with van der Waals surface area (Å²) < 4.78 is 1.97. The molecule has 1 unspecified atom stereocenters. The summed E-state index contributed by atoms with van der Waals surface area (Å²) in [5, 5.41) is 12.6. The first-order valence-electron chi connectivity index (χ1n) is 6.46. The first-order valence-corrected chi connectivity index (χ1v) is 6.46. The van der Waals surface area contributed by atoms with Gasteiger partial charge in [-0.2, -0.15) is 15.3 Å². The van der Waals surface area contributed by atoms with Gasteiger partial charge in [-0.05, 0) is 32.4 Å².